The maximum absolute atomic E-state index is 11.8. The van der Waals surface area contributed by atoms with Crippen LogP contribution in [0.5, 0.6) is 0 Å². The van der Waals surface area contributed by atoms with Gasteiger partial charge in [-0.25, -0.2) is 23.5 Å². The maximum atomic E-state index is 11.8. The lowest BCUT2D eigenvalue weighted by Crippen LogP contribution is -2.28. The van der Waals surface area contributed by atoms with Gasteiger partial charge in [0, 0.05) is 18.9 Å². The topological polar surface area (TPSA) is 106 Å². The summed E-state index contributed by atoms with van der Waals surface area (Å²) in [6.45, 7) is 0.310. The standard InChI is InChI=1S/C9H11IN4O3S/c10-7-2-13-8(3-12-7)14-4-6(1-9(14)15)5-18(11,16)17/h2-3,6H,1,4-5H2,(H2,11,16,17). The summed E-state index contributed by atoms with van der Waals surface area (Å²) in [5.41, 5.74) is 0. The highest BCUT2D eigenvalue weighted by Gasteiger charge is 2.33. The Balaban J connectivity index is 2.12. The molecule has 1 aliphatic rings. The minimum Gasteiger partial charge on any atom is -0.295 e. The molecule has 1 fully saturated rings. The molecule has 0 spiro atoms. The van der Waals surface area contributed by atoms with Crippen LogP contribution < -0.4 is 10.0 Å². The van der Waals surface area contributed by atoms with Crippen LogP contribution in [0.25, 0.3) is 0 Å². The van der Waals surface area contributed by atoms with Crippen LogP contribution in [0.15, 0.2) is 12.4 Å². The molecule has 1 unspecified atom stereocenters. The highest BCUT2D eigenvalue weighted by molar-refractivity contribution is 14.1. The summed E-state index contributed by atoms with van der Waals surface area (Å²) >= 11 is 2.01. The summed E-state index contributed by atoms with van der Waals surface area (Å²) in [6.07, 6.45) is 3.22. The zero-order chi connectivity index (χ0) is 13.3. The van der Waals surface area contributed by atoms with E-state index in [0.29, 0.717) is 12.4 Å². The van der Waals surface area contributed by atoms with Gasteiger partial charge in [0.2, 0.25) is 15.9 Å². The molecule has 1 amide bonds. The number of hydrogen-bond donors (Lipinski definition) is 1. The minimum absolute atomic E-state index is 0.154. The third-order valence-corrected chi connectivity index (χ3v) is 4.05. The molecule has 7 nitrogen and oxygen atoms in total. The SMILES string of the molecule is NS(=O)(=O)CC1CC(=O)N(c2cnc(I)cn2)C1. The van der Waals surface area contributed by atoms with Crippen LogP contribution >= 0.6 is 22.6 Å². The van der Waals surface area contributed by atoms with Gasteiger partial charge in [-0.2, -0.15) is 0 Å². The molecule has 0 aromatic carbocycles. The molecule has 2 N–H and O–H groups in total. The van der Waals surface area contributed by atoms with Gasteiger partial charge in [-0.3, -0.25) is 9.69 Å². The summed E-state index contributed by atoms with van der Waals surface area (Å²) in [4.78, 5) is 21.4. The summed E-state index contributed by atoms with van der Waals surface area (Å²) in [6, 6.07) is 0. The van der Waals surface area contributed by atoms with Crippen molar-refractivity contribution in [2.45, 2.75) is 6.42 Å². The van der Waals surface area contributed by atoms with E-state index in [0.717, 1.165) is 3.70 Å². The Hall–Kier alpha value is -0.810. The van der Waals surface area contributed by atoms with E-state index in [1.54, 1.807) is 6.20 Å². The average molecular weight is 382 g/mol. The van der Waals surface area contributed by atoms with Crippen LogP contribution in [-0.4, -0.2) is 36.6 Å². The van der Waals surface area contributed by atoms with Gasteiger partial charge in [0.1, 0.15) is 3.70 Å². The van der Waals surface area contributed by atoms with Crippen molar-refractivity contribution in [3.63, 3.8) is 0 Å². The number of halogens is 1. The summed E-state index contributed by atoms with van der Waals surface area (Å²) < 4.78 is 22.7. The first-order chi connectivity index (χ1) is 8.35. The molecule has 2 rings (SSSR count). The molecule has 1 aliphatic heterocycles. The number of primary sulfonamides is 1. The highest BCUT2D eigenvalue weighted by Crippen LogP contribution is 2.23. The molecule has 1 saturated heterocycles. The van der Waals surface area contributed by atoms with Crippen LogP contribution in [0.2, 0.25) is 0 Å². The number of amides is 1. The fourth-order valence-electron chi connectivity index (χ4n) is 1.89. The third-order valence-electron chi connectivity index (χ3n) is 2.56. The Bertz CT molecular complexity index is 560. The molecule has 0 aliphatic carbocycles. The van der Waals surface area contributed by atoms with Crippen LogP contribution in [0.4, 0.5) is 5.82 Å². The average Bonchev–Trinajstić information content (AvgIpc) is 2.58. The van der Waals surface area contributed by atoms with E-state index in [1.165, 1.54) is 11.1 Å². The lowest BCUT2D eigenvalue weighted by Gasteiger charge is -2.14. The second kappa shape index (κ2) is 5.05. The number of aromatic nitrogens is 2. The van der Waals surface area contributed by atoms with E-state index in [1.807, 2.05) is 22.6 Å². The van der Waals surface area contributed by atoms with Gasteiger partial charge in [-0.15, -0.1) is 0 Å². The van der Waals surface area contributed by atoms with Crippen LogP contribution in [0, 0.1) is 9.62 Å². The fourth-order valence-corrected chi connectivity index (χ4v) is 3.05. The second-order valence-electron chi connectivity index (χ2n) is 4.10. The van der Waals surface area contributed by atoms with Crippen molar-refractivity contribution in [2.75, 3.05) is 17.2 Å². The van der Waals surface area contributed by atoms with Crippen LogP contribution in [-0.2, 0) is 14.8 Å². The first-order valence-corrected chi connectivity index (χ1v) is 7.93. The number of carbonyl (C=O) groups is 1. The van der Waals surface area contributed by atoms with Gasteiger partial charge in [0.05, 0.1) is 18.1 Å². The van der Waals surface area contributed by atoms with Crippen molar-refractivity contribution >= 4 is 44.3 Å². The first-order valence-electron chi connectivity index (χ1n) is 5.13. The normalized spacial score (nSPS) is 20.4. The first kappa shape index (κ1) is 13.6. The molecule has 18 heavy (non-hydrogen) atoms. The van der Waals surface area contributed by atoms with E-state index in [2.05, 4.69) is 9.97 Å². The molecule has 1 aromatic rings. The van der Waals surface area contributed by atoms with Crippen molar-refractivity contribution in [3.05, 3.63) is 16.1 Å². The van der Waals surface area contributed by atoms with Gasteiger partial charge in [0.15, 0.2) is 5.82 Å². The Morgan fingerprint density at radius 3 is 2.72 bits per heavy atom. The molecule has 1 atom stereocenters. The van der Waals surface area contributed by atoms with Gasteiger partial charge < -0.3 is 0 Å². The number of nitrogens with two attached hydrogens (primary N) is 1. The van der Waals surface area contributed by atoms with E-state index < -0.39 is 10.0 Å². The predicted molar refractivity (Wildman–Crippen MR) is 73.2 cm³/mol. The molecule has 98 valence electrons. The van der Waals surface area contributed by atoms with Crippen molar-refractivity contribution < 1.29 is 13.2 Å². The van der Waals surface area contributed by atoms with Crippen molar-refractivity contribution in [1.82, 2.24) is 9.97 Å². The van der Waals surface area contributed by atoms with Crippen LogP contribution in [0.3, 0.4) is 0 Å². The summed E-state index contributed by atoms with van der Waals surface area (Å²) in [5.74, 6) is -0.183. The Labute approximate surface area is 118 Å². The third kappa shape index (κ3) is 3.36. The minimum atomic E-state index is -3.56. The monoisotopic (exact) mass is 382 g/mol. The van der Waals surface area contributed by atoms with Gasteiger partial charge >= 0.3 is 0 Å². The van der Waals surface area contributed by atoms with E-state index in [4.69, 9.17) is 5.14 Å². The predicted octanol–water partition coefficient (Wildman–Crippen LogP) is -0.277. The molecule has 1 aromatic heterocycles. The van der Waals surface area contributed by atoms with Gasteiger partial charge in [-0.05, 0) is 22.6 Å². The number of carbonyl (C=O) groups excluding carboxylic acids is 1. The van der Waals surface area contributed by atoms with Gasteiger partial charge in [0.25, 0.3) is 0 Å². The lowest BCUT2D eigenvalue weighted by molar-refractivity contribution is -0.117. The van der Waals surface area contributed by atoms with E-state index >= 15 is 0 Å². The molecule has 9 heteroatoms. The quantitative estimate of drug-likeness (QED) is 0.724. The Morgan fingerprint density at radius 2 is 2.17 bits per heavy atom. The van der Waals surface area contributed by atoms with E-state index in [9.17, 15) is 13.2 Å². The summed E-state index contributed by atoms with van der Waals surface area (Å²) in [7, 11) is -3.56. The zero-order valence-electron chi connectivity index (χ0n) is 9.28. The van der Waals surface area contributed by atoms with Crippen molar-refractivity contribution in [3.8, 4) is 0 Å². The molecule has 0 radical (unpaired) electrons. The zero-order valence-corrected chi connectivity index (χ0v) is 12.3. The molecule has 2 heterocycles. The number of hydrogen-bond acceptors (Lipinski definition) is 5. The van der Waals surface area contributed by atoms with Crippen LogP contribution in [0.1, 0.15) is 6.42 Å². The largest absolute Gasteiger partial charge is 0.295 e. The number of sulfonamides is 1. The van der Waals surface area contributed by atoms with E-state index in [-0.39, 0.29) is 24.0 Å². The fraction of sp³-hybridized carbons (Fsp3) is 0.444. The lowest BCUT2D eigenvalue weighted by atomic mass is 10.1. The summed E-state index contributed by atoms with van der Waals surface area (Å²) in [5, 5.41) is 4.98. The van der Waals surface area contributed by atoms with Crippen molar-refractivity contribution in [2.24, 2.45) is 11.1 Å². The van der Waals surface area contributed by atoms with Gasteiger partial charge in [-0.1, -0.05) is 0 Å². The molecule has 0 saturated carbocycles. The number of rotatable bonds is 3. The molecular weight excluding hydrogens is 371 g/mol. The van der Waals surface area contributed by atoms with Crippen molar-refractivity contribution in [1.29, 1.82) is 0 Å². The maximum Gasteiger partial charge on any atom is 0.228 e. The highest BCUT2D eigenvalue weighted by atomic mass is 127. The second-order valence-corrected chi connectivity index (χ2v) is 6.87. The smallest absolute Gasteiger partial charge is 0.228 e. The molecular formula is C9H11IN4O3S. The molecule has 0 bridgehead atoms. The number of nitrogens with zero attached hydrogens (tertiary/aromatic N) is 3. The number of anilines is 1. The Kier molecular flexibility index (Phi) is 3.82. The Morgan fingerprint density at radius 1 is 1.44 bits per heavy atom.